The maximum Gasteiger partial charge on any atom is 0.294 e. The molecule has 1 fully saturated rings. The molecule has 0 unspecified atom stereocenters. The summed E-state index contributed by atoms with van der Waals surface area (Å²) in [4.78, 5) is 39.1. The molecule has 2 heterocycles. The Morgan fingerprint density at radius 2 is 1.79 bits per heavy atom. The van der Waals surface area contributed by atoms with E-state index in [2.05, 4.69) is 5.32 Å². The lowest BCUT2D eigenvalue weighted by Gasteiger charge is -2.13. The van der Waals surface area contributed by atoms with Crippen LogP contribution < -0.4 is 10.1 Å². The van der Waals surface area contributed by atoms with Crippen LogP contribution in [0.25, 0.3) is 11.8 Å². The van der Waals surface area contributed by atoms with Gasteiger partial charge in [-0.05, 0) is 86.1 Å². The number of aryl methyl sites for hydroxylation is 3. The van der Waals surface area contributed by atoms with Gasteiger partial charge in [0.15, 0.2) is 0 Å². The number of nitrogens with one attached hydrogen (secondary N) is 1. The molecular weight excluding hydrogens is 450 g/mol. The topological polar surface area (TPSA) is 80.6 Å². The van der Waals surface area contributed by atoms with Gasteiger partial charge in [-0.3, -0.25) is 19.3 Å². The zero-order valence-corrected chi connectivity index (χ0v) is 20.2. The molecule has 1 saturated heterocycles. The minimum absolute atomic E-state index is 0.288. The fraction of sp³-hybridized carbons (Fsp3) is 0.192. The fourth-order valence-electron chi connectivity index (χ4n) is 3.77. The molecule has 0 bridgehead atoms. The number of nitrogens with zero attached hydrogens (tertiary/aromatic N) is 2. The SMILES string of the molecule is COc1ccc(-n2cc(/C=C3/SC(=O)N(CC(=O)Nc4ccc(C)cc4C)C3=O)cc2C)cc1. The Morgan fingerprint density at radius 3 is 2.47 bits per heavy atom. The summed E-state index contributed by atoms with van der Waals surface area (Å²) in [5, 5.41) is 2.32. The standard InChI is InChI=1S/C26H25N3O4S/c1-16-5-10-22(17(2)11-16)27-24(30)15-29-25(31)23(34-26(29)32)13-19-12-18(3)28(14-19)20-6-8-21(33-4)9-7-20/h5-14H,15H2,1-4H3,(H,27,30)/b23-13+. The van der Waals surface area contributed by atoms with Crippen molar-refractivity contribution in [2.24, 2.45) is 0 Å². The molecule has 1 N–H and O–H groups in total. The average Bonchev–Trinajstić information content (AvgIpc) is 3.29. The molecule has 0 atom stereocenters. The molecule has 0 radical (unpaired) electrons. The van der Waals surface area contributed by atoms with Gasteiger partial charge in [-0.1, -0.05) is 17.7 Å². The fourth-order valence-corrected chi connectivity index (χ4v) is 4.61. The third-order valence-corrected chi connectivity index (χ3v) is 6.42. The number of aromatic nitrogens is 1. The molecule has 1 aliphatic heterocycles. The van der Waals surface area contributed by atoms with E-state index in [-0.39, 0.29) is 11.4 Å². The highest BCUT2D eigenvalue weighted by Crippen LogP contribution is 2.33. The van der Waals surface area contributed by atoms with Gasteiger partial charge in [0.25, 0.3) is 11.1 Å². The summed E-state index contributed by atoms with van der Waals surface area (Å²) in [7, 11) is 1.62. The van der Waals surface area contributed by atoms with Gasteiger partial charge in [0.05, 0.1) is 12.0 Å². The summed E-state index contributed by atoms with van der Waals surface area (Å²) >= 11 is 0.839. The van der Waals surface area contributed by atoms with Crippen LogP contribution in [-0.2, 0) is 9.59 Å². The van der Waals surface area contributed by atoms with E-state index in [1.54, 1.807) is 13.2 Å². The number of rotatable bonds is 6. The van der Waals surface area contributed by atoms with Crippen molar-refractivity contribution in [3.05, 3.63) is 82.0 Å². The van der Waals surface area contributed by atoms with E-state index in [1.165, 1.54) is 0 Å². The van der Waals surface area contributed by atoms with Crippen molar-refractivity contribution in [1.29, 1.82) is 0 Å². The van der Waals surface area contributed by atoms with E-state index < -0.39 is 17.1 Å². The van der Waals surface area contributed by atoms with Crippen LogP contribution in [0.1, 0.15) is 22.4 Å². The average molecular weight is 476 g/mol. The molecule has 2 aromatic carbocycles. The van der Waals surface area contributed by atoms with Crippen molar-refractivity contribution < 1.29 is 19.1 Å². The van der Waals surface area contributed by atoms with Crippen LogP contribution in [0.15, 0.2) is 59.6 Å². The van der Waals surface area contributed by atoms with E-state index in [1.807, 2.05) is 80.1 Å². The van der Waals surface area contributed by atoms with Crippen molar-refractivity contribution in [2.45, 2.75) is 20.8 Å². The zero-order valence-electron chi connectivity index (χ0n) is 19.4. The van der Waals surface area contributed by atoms with Crippen LogP contribution in [0, 0.1) is 20.8 Å². The number of amides is 3. The number of benzene rings is 2. The van der Waals surface area contributed by atoms with Crippen molar-refractivity contribution in [2.75, 3.05) is 19.0 Å². The molecule has 0 spiro atoms. The van der Waals surface area contributed by atoms with Gasteiger partial charge in [-0.15, -0.1) is 0 Å². The third kappa shape index (κ3) is 4.92. The second-order valence-corrected chi connectivity index (χ2v) is 9.11. The Labute approximate surface area is 202 Å². The summed E-state index contributed by atoms with van der Waals surface area (Å²) in [6, 6.07) is 15.2. The maximum absolute atomic E-state index is 12.9. The van der Waals surface area contributed by atoms with E-state index in [4.69, 9.17) is 4.74 Å². The van der Waals surface area contributed by atoms with E-state index in [0.717, 1.165) is 50.5 Å². The highest BCUT2D eigenvalue weighted by molar-refractivity contribution is 8.18. The molecule has 3 amide bonds. The predicted octanol–water partition coefficient (Wildman–Crippen LogP) is 5.09. The minimum atomic E-state index is -0.472. The van der Waals surface area contributed by atoms with Crippen LogP contribution in [0.4, 0.5) is 10.5 Å². The molecule has 1 aromatic heterocycles. The van der Waals surface area contributed by atoms with Gasteiger partial charge < -0.3 is 14.6 Å². The molecule has 4 rings (SSSR count). The summed E-state index contributed by atoms with van der Waals surface area (Å²) in [6.07, 6.45) is 3.58. The summed E-state index contributed by atoms with van der Waals surface area (Å²) in [5.74, 6) is -0.123. The van der Waals surface area contributed by atoms with E-state index >= 15 is 0 Å². The van der Waals surface area contributed by atoms with Gasteiger partial charge in [-0.2, -0.15) is 0 Å². The third-order valence-electron chi connectivity index (χ3n) is 5.51. The Bertz CT molecular complexity index is 1310. The zero-order chi connectivity index (χ0) is 24.4. The number of thioether (sulfide) groups is 1. The first kappa shape index (κ1) is 23.4. The number of hydrogen-bond donors (Lipinski definition) is 1. The van der Waals surface area contributed by atoms with Gasteiger partial charge >= 0.3 is 0 Å². The molecule has 0 saturated carbocycles. The first-order valence-electron chi connectivity index (χ1n) is 10.7. The largest absolute Gasteiger partial charge is 0.497 e. The number of methoxy groups -OCH3 is 1. The van der Waals surface area contributed by atoms with Crippen LogP contribution in [0.5, 0.6) is 5.75 Å². The summed E-state index contributed by atoms with van der Waals surface area (Å²) < 4.78 is 7.20. The molecule has 1 aliphatic rings. The van der Waals surface area contributed by atoms with Crippen molar-refractivity contribution in [1.82, 2.24) is 9.47 Å². The highest BCUT2D eigenvalue weighted by Gasteiger charge is 2.36. The first-order valence-corrected chi connectivity index (χ1v) is 11.5. The molecule has 174 valence electrons. The van der Waals surface area contributed by atoms with Crippen LogP contribution in [0.2, 0.25) is 0 Å². The Hall–Kier alpha value is -3.78. The lowest BCUT2D eigenvalue weighted by molar-refractivity contribution is -0.127. The van der Waals surface area contributed by atoms with Crippen molar-refractivity contribution in [3.8, 4) is 11.4 Å². The monoisotopic (exact) mass is 475 g/mol. The quantitative estimate of drug-likeness (QED) is 0.503. The molecule has 0 aliphatic carbocycles. The van der Waals surface area contributed by atoms with Crippen LogP contribution in [-0.4, -0.2) is 40.2 Å². The number of carbonyl (C=O) groups is 3. The smallest absolute Gasteiger partial charge is 0.294 e. The van der Waals surface area contributed by atoms with Gasteiger partial charge in [0.2, 0.25) is 5.91 Å². The number of hydrogen-bond acceptors (Lipinski definition) is 5. The number of anilines is 1. The van der Waals surface area contributed by atoms with Gasteiger partial charge in [0, 0.05) is 23.3 Å². The lowest BCUT2D eigenvalue weighted by atomic mass is 10.1. The van der Waals surface area contributed by atoms with E-state index in [0.29, 0.717) is 5.69 Å². The molecule has 7 nitrogen and oxygen atoms in total. The predicted molar refractivity (Wildman–Crippen MR) is 134 cm³/mol. The normalized spacial score (nSPS) is 14.7. The van der Waals surface area contributed by atoms with Crippen molar-refractivity contribution >= 4 is 40.6 Å². The Morgan fingerprint density at radius 1 is 1.06 bits per heavy atom. The van der Waals surface area contributed by atoms with E-state index in [9.17, 15) is 14.4 Å². The Kier molecular flexibility index (Phi) is 6.61. The van der Waals surface area contributed by atoms with Gasteiger partial charge in [0.1, 0.15) is 12.3 Å². The molecule has 34 heavy (non-hydrogen) atoms. The first-order chi connectivity index (χ1) is 16.2. The summed E-state index contributed by atoms with van der Waals surface area (Å²) in [6.45, 7) is 5.50. The number of ether oxygens (including phenoxy) is 1. The lowest BCUT2D eigenvalue weighted by Crippen LogP contribution is -2.36. The number of imide groups is 1. The second-order valence-electron chi connectivity index (χ2n) is 8.12. The molecule has 3 aromatic rings. The van der Waals surface area contributed by atoms with Crippen LogP contribution in [0.3, 0.4) is 0 Å². The van der Waals surface area contributed by atoms with Gasteiger partial charge in [-0.25, -0.2) is 0 Å². The van der Waals surface area contributed by atoms with Crippen LogP contribution >= 0.6 is 11.8 Å². The molecule has 8 heteroatoms. The van der Waals surface area contributed by atoms with Crippen molar-refractivity contribution in [3.63, 3.8) is 0 Å². The molecular formula is C26H25N3O4S. The summed E-state index contributed by atoms with van der Waals surface area (Å²) in [5.41, 5.74) is 5.38. The highest BCUT2D eigenvalue weighted by atomic mass is 32.2. The Balaban J connectivity index is 1.48. The second kappa shape index (κ2) is 9.61. The maximum atomic E-state index is 12.9. The number of carbonyl (C=O) groups excluding carboxylic acids is 3. The minimum Gasteiger partial charge on any atom is -0.497 e.